The molecule has 2 aromatic heterocycles. The Balaban J connectivity index is 1.29. The number of amides is 3. The van der Waals surface area contributed by atoms with Gasteiger partial charge in [0.2, 0.25) is 17.6 Å². The first-order valence-electron chi connectivity index (χ1n) is 16.5. The second kappa shape index (κ2) is 15.4. The molecule has 0 saturated heterocycles. The van der Waals surface area contributed by atoms with E-state index in [1.807, 2.05) is 64.1 Å². The highest BCUT2D eigenvalue weighted by atomic mass is 16.6. The van der Waals surface area contributed by atoms with Crippen LogP contribution in [0.4, 0.5) is 10.5 Å². The lowest BCUT2D eigenvalue weighted by atomic mass is 9.81. The lowest BCUT2D eigenvalue weighted by Gasteiger charge is -2.32. The minimum atomic E-state index is -0.967. The molecule has 0 bridgehead atoms. The van der Waals surface area contributed by atoms with Gasteiger partial charge in [-0.3, -0.25) is 9.59 Å². The summed E-state index contributed by atoms with van der Waals surface area (Å²) in [6.07, 6.45) is 2.41. The van der Waals surface area contributed by atoms with Gasteiger partial charge in [0.1, 0.15) is 5.60 Å². The highest BCUT2D eigenvalue weighted by molar-refractivity contribution is 6.17. The topological polar surface area (TPSA) is 178 Å². The summed E-state index contributed by atoms with van der Waals surface area (Å²) in [5, 5.41) is 16.9. The standard InChI is InChI=1S/C36H44N8O5/c1-22-29(18-19-31(39-22)48-5)25-10-6-23(7-11-25)20-30(37)34(46)44(28-16-14-26(15-17-28)32-40-42-43-41-32)33(45)27-12-8-24(9-13-27)21-38-35(47)49-36(2,3)4/h6-7,10-11,14-19,24,27,30H,8-9,12-13,20-21,37H2,1-5H3,(H,38,47)(H,40,41,42,43)/t24?,27?,30-/m0/s1. The highest BCUT2D eigenvalue weighted by Gasteiger charge is 2.35. The van der Waals surface area contributed by atoms with Gasteiger partial charge in [-0.05, 0) is 112 Å². The average molecular weight is 669 g/mol. The SMILES string of the molecule is COc1ccc(-c2ccc(C[C@H](N)C(=O)N(C(=O)C3CCC(CNC(=O)OC(C)(C)C)CC3)c3ccc(-c4nn[nH]n4)cc3)cc2)c(C)n1. The fraction of sp³-hybridized carbons (Fsp3) is 0.417. The number of rotatable bonds is 10. The fourth-order valence-electron chi connectivity index (χ4n) is 6.03. The summed E-state index contributed by atoms with van der Waals surface area (Å²) >= 11 is 0. The molecule has 1 aliphatic carbocycles. The molecule has 1 aliphatic rings. The van der Waals surface area contributed by atoms with E-state index in [0.717, 1.165) is 35.2 Å². The normalized spacial score (nSPS) is 16.8. The number of ether oxygens (including phenoxy) is 2. The summed E-state index contributed by atoms with van der Waals surface area (Å²) in [7, 11) is 1.58. The Hall–Kier alpha value is -5.17. The van der Waals surface area contributed by atoms with Crippen LogP contribution in [0.5, 0.6) is 5.88 Å². The van der Waals surface area contributed by atoms with Crippen molar-refractivity contribution < 1.29 is 23.9 Å². The van der Waals surface area contributed by atoms with Crippen LogP contribution in [-0.4, -0.2) is 68.8 Å². The summed E-state index contributed by atoms with van der Waals surface area (Å²) in [6.45, 7) is 7.85. The number of alkyl carbamates (subject to hydrolysis) is 1. The largest absolute Gasteiger partial charge is 0.481 e. The number of aromatic nitrogens is 5. The van der Waals surface area contributed by atoms with Crippen molar-refractivity contribution in [1.82, 2.24) is 30.9 Å². The number of nitrogens with zero attached hydrogens (tertiary/aromatic N) is 5. The maximum absolute atomic E-state index is 14.1. The van der Waals surface area contributed by atoms with Gasteiger partial charge in [0.05, 0.1) is 18.8 Å². The molecule has 2 heterocycles. The molecule has 13 heteroatoms. The molecular formula is C36H44N8O5. The fourth-order valence-corrected chi connectivity index (χ4v) is 6.03. The molecule has 1 fully saturated rings. The molecule has 3 amide bonds. The summed E-state index contributed by atoms with van der Waals surface area (Å²) in [5.41, 5.74) is 10.7. The van der Waals surface area contributed by atoms with E-state index in [0.29, 0.717) is 42.3 Å². The zero-order valence-electron chi connectivity index (χ0n) is 28.6. The summed E-state index contributed by atoms with van der Waals surface area (Å²) in [5.74, 6) is 0.0162. The van der Waals surface area contributed by atoms with Crippen LogP contribution in [0, 0.1) is 18.8 Å². The van der Waals surface area contributed by atoms with Gasteiger partial charge in [-0.1, -0.05) is 24.3 Å². The molecule has 1 atom stereocenters. The van der Waals surface area contributed by atoms with Crippen LogP contribution in [0.25, 0.3) is 22.5 Å². The highest BCUT2D eigenvalue weighted by Crippen LogP contribution is 2.32. The zero-order valence-corrected chi connectivity index (χ0v) is 28.6. The third-order valence-electron chi connectivity index (χ3n) is 8.61. The van der Waals surface area contributed by atoms with Crippen molar-refractivity contribution in [2.24, 2.45) is 17.6 Å². The summed E-state index contributed by atoms with van der Waals surface area (Å²) < 4.78 is 10.6. The van der Waals surface area contributed by atoms with Crippen LogP contribution < -0.4 is 20.7 Å². The van der Waals surface area contributed by atoms with E-state index < -0.39 is 23.6 Å². The minimum absolute atomic E-state index is 0.206. The number of pyridine rings is 1. The maximum Gasteiger partial charge on any atom is 0.407 e. The monoisotopic (exact) mass is 668 g/mol. The number of anilines is 1. The number of hydrogen-bond donors (Lipinski definition) is 3. The number of aromatic amines is 1. The Morgan fingerprint density at radius 3 is 2.24 bits per heavy atom. The lowest BCUT2D eigenvalue weighted by molar-refractivity contribution is -0.130. The number of carbonyl (C=O) groups excluding carboxylic acids is 3. The van der Waals surface area contributed by atoms with E-state index in [9.17, 15) is 14.4 Å². The number of methoxy groups -OCH3 is 1. The molecule has 5 rings (SSSR count). The molecule has 0 radical (unpaired) electrons. The predicted molar refractivity (Wildman–Crippen MR) is 184 cm³/mol. The zero-order chi connectivity index (χ0) is 35.1. The third kappa shape index (κ3) is 9.05. The number of carbonyl (C=O) groups is 3. The molecule has 258 valence electrons. The van der Waals surface area contributed by atoms with E-state index in [1.54, 1.807) is 31.4 Å². The molecule has 49 heavy (non-hydrogen) atoms. The van der Waals surface area contributed by atoms with Crippen molar-refractivity contribution in [1.29, 1.82) is 0 Å². The van der Waals surface area contributed by atoms with E-state index >= 15 is 0 Å². The first kappa shape index (κ1) is 35.1. The molecule has 4 aromatic rings. The molecule has 4 N–H and O–H groups in total. The van der Waals surface area contributed by atoms with Gasteiger partial charge >= 0.3 is 6.09 Å². The molecule has 2 aromatic carbocycles. The van der Waals surface area contributed by atoms with E-state index in [4.69, 9.17) is 15.2 Å². The molecule has 1 saturated carbocycles. The summed E-state index contributed by atoms with van der Waals surface area (Å²) in [4.78, 5) is 46.0. The lowest BCUT2D eigenvalue weighted by Crippen LogP contribution is -2.50. The Labute approximate surface area is 286 Å². The van der Waals surface area contributed by atoms with Crippen molar-refractivity contribution in [2.45, 2.75) is 71.4 Å². The van der Waals surface area contributed by atoms with Crippen LogP contribution in [0.3, 0.4) is 0 Å². The number of nitrogens with one attached hydrogen (secondary N) is 2. The quantitative estimate of drug-likeness (QED) is 0.208. The molecule has 0 aliphatic heterocycles. The Morgan fingerprint density at radius 1 is 0.980 bits per heavy atom. The second-order valence-electron chi connectivity index (χ2n) is 13.4. The number of benzene rings is 2. The number of aryl methyl sites for hydroxylation is 1. The molecular weight excluding hydrogens is 624 g/mol. The van der Waals surface area contributed by atoms with Crippen molar-refractivity contribution in [3.8, 4) is 28.4 Å². The predicted octanol–water partition coefficient (Wildman–Crippen LogP) is 5.01. The van der Waals surface area contributed by atoms with Gasteiger partial charge in [-0.25, -0.2) is 14.7 Å². The van der Waals surface area contributed by atoms with Crippen molar-refractivity contribution >= 4 is 23.6 Å². The average Bonchev–Trinajstić information content (AvgIpc) is 3.63. The van der Waals surface area contributed by atoms with Crippen LogP contribution >= 0.6 is 0 Å². The van der Waals surface area contributed by atoms with E-state index in [-0.39, 0.29) is 24.2 Å². The van der Waals surface area contributed by atoms with Gasteiger partial charge in [-0.15, -0.1) is 10.2 Å². The van der Waals surface area contributed by atoms with E-state index in [2.05, 4.69) is 30.9 Å². The van der Waals surface area contributed by atoms with Crippen molar-refractivity contribution in [3.63, 3.8) is 0 Å². The first-order chi connectivity index (χ1) is 23.4. The smallest absolute Gasteiger partial charge is 0.407 e. The van der Waals surface area contributed by atoms with Crippen LogP contribution in [-0.2, 0) is 20.7 Å². The Kier molecular flexibility index (Phi) is 11.0. The first-order valence-corrected chi connectivity index (χ1v) is 16.5. The molecule has 0 spiro atoms. The second-order valence-corrected chi connectivity index (χ2v) is 13.4. The molecule has 13 nitrogen and oxygen atoms in total. The van der Waals surface area contributed by atoms with Gasteiger partial charge in [0.25, 0.3) is 5.91 Å². The van der Waals surface area contributed by atoms with Crippen LogP contribution in [0.2, 0.25) is 0 Å². The number of nitrogens with two attached hydrogens (primary N) is 1. The van der Waals surface area contributed by atoms with Gasteiger partial charge < -0.3 is 20.5 Å². The third-order valence-corrected chi connectivity index (χ3v) is 8.61. The van der Waals surface area contributed by atoms with Crippen LogP contribution in [0.15, 0.2) is 60.7 Å². The number of hydrogen-bond acceptors (Lipinski definition) is 10. The van der Waals surface area contributed by atoms with Crippen molar-refractivity contribution in [2.75, 3.05) is 18.6 Å². The maximum atomic E-state index is 14.1. The number of H-pyrrole nitrogens is 1. The van der Waals surface area contributed by atoms with E-state index in [1.165, 1.54) is 4.90 Å². The van der Waals surface area contributed by atoms with Gasteiger partial charge in [0, 0.05) is 35.3 Å². The number of imide groups is 1. The Morgan fingerprint density at radius 2 is 1.65 bits per heavy atom. The minimum Gasteiger partial charge on any atom is -0.481 e. The number of tetrazole rings is 1. The Bertz CT molecular complexity index is 1730. The summed E-state index contributed by atoms with van der Waals surface area (Å²) in [6, 6.07) is 17.5. The van der Waals surface area contributed by atoms with Gasteiger partial charge in [0.15, 0.2) is 0 Å². The van der Waals surface area contributed by atoms with Crippen LogP contribution in [0.1, 0.15) is 57.7 Å². The molecule has 0 unspecified atom stereocenters. The van der Waals surface area contributed by atoms with Crippen molar-refractivity contribution in [3.05, 3.63) is 71.9 Å². The van der Waals surface area contributed by atoms with Gasteiger partial charge in [-0.2, -0.15) is 5.21 Å².